The number of furan rings is 1. The van der Waals surface area contributed by atoms with Crippen molar-refractivity contribution in [3.8, 4) is 6.07 Å². The topological polar surface area (TPSA) is 124 Å². The van der Waals surface area contributed by atoms with E-state index in [0.717, 1.165) is 34.6 Å². The van der Waals surface area contributed by atoms with Gasteiger partial charge < -0.3 is 20.4 Å². The molecule has 0 saturated heterocycles. The van der Waals surface area contributed by atoms with Crippen LogP contribution in [0.5, 0.6) is 0 Å². The highest BCUT2D eigenvalue weighted by Gasteiger charge is 2.28. The number of carbonyl (C=O) groups is 3. The van der Waals surface area contributed by atoms with Gasteiger partial charge in [-0.3, -0.25) is 14.4 Å². The Morgan fingerprint density at radius 1 is 1.00 bits per heavy atom. The molecule has 1 aliphatic rings. The van der Waals surface area contributed by atoms with E-state index in [0.29, 0.717) is 39.9 Å². The Balaban J connectivity index is 1.13. The fraction of sp³-hybridized carbons (Fsp3) is 0.179. The monoisotopic (exact) mass is 686 g/mol. The Labute approximate surface area is 293 Å². The largest absolute Gasteiger partial charge is 0.465 e. The summed E-state index contributed by atoms with van der Waals surface area (Å²) in [5.74, 6) is -0.346. The zero-order valence-electron chi connectivity index (χ0n) is 26.8. The van der Waals surface area contributed by atoms with Crippen LogP contribution in [0.1, 0.15) is 63.4 Å². The Bertz CT molecular complexity index is 2010. The summed E-state index contributed by atoms with van der Waals surface area (Å²) in [6, 6.07) is 32.0. The Morgan fingerprint density at radius 2 is 1.78 bits per heavy atom. The molecular weight excluding hydrogens is 653 g/mol. The molecule has 0 spiro atoms. The number of carbonyl (C=O) groups excluding carboxylic acids is 3. The van der Waals surface area contributed by atoms with E-state index in [2.05, 4.69) is 46.3 Å². The van der Waals surface area contributed by atoms with E-state index in [9.17, 15) is 19.6 Å². The van der Waals surface area contributed by atoms with Crippen LogP contribution in [0.2, 0.25) is 0 Å². The molecule has 0 saturated carbocycles. The van der Waals surface area contributed by atoms with E-state index in [4.69, 9.17) is 4.42 Å². The van der Waals surface area contributed by atoms with Crippen LogP contribution in [0.15, 0.2) is 118 Å². The van der Waals surface area contributed by atoms with Crippen molar-refractivity contribution in [3.05, 3.63) is 142 Å². The van der Waals surface area contributed by atoms with Gasteiger partial charge in [-0.25, -0.2) is 0 Å². The predicted molar refractivity (Wildman–Crippen MR) is 194 cm³/mol. The quantitative estimate of drug-likeness (QED) is 0.0947. The molecular formula is C39H34N4O4S2. The number of thiophene rings is 1. The van der Waals surface area contributed by atoms with Crippen molar-refractivity contribution in [1.29, 1.82) is 5.26 Å². The van der Waals surface area contributed by atoms with Crippen LogP contribution in [0.3, 0.4) is 0 Å². The lowest BCUT2D eigenvalue weighted by Gasteiger charge is -2.22. The standard InChI is InChI=1S/C39H34N4O4S2/c1-2-34(38(46)43-39-32(24-40)31-19-18-27(21-35(31)49-39)25-11-5-3-6-12-25)48-30-17-9-15-28(22-30)41-37(45)33(23-29-16-10-20-47-29)42-36(44)26-13-7-4-8-14-26/h3-17,20,22-23,27,34H,2,18-19,21H2,1H3,(H,41,45)(H,42,44)(H,43,46)/b33-23-. The predicted octanol–water partition coefficient (Wildman–Crippen LogP) is 8.40. The molecule has 3 aromatic carbocycles. The molecule has 10 heteroatoms. The molecule has 1 aliphatic carbocycles. The molecule has 6 rings (SSSR count). The number of amides is 3. The number of nitriles is 1. The number of anilines is 2. The second-order valence-electron chi connectivity index (χ2n) is 11.5. The van der Waals surface area contributed by atoms with Gasteiger partial charge in [0.05, 0.1) is 17.1 Å². The van der Waals surface area contributed by atoms with Crippen molar-refractivity contribution in [2.24, 2.45) is 0 Å². The minimum atomic E-state index is -0.534. The molecule has 0 bridgehead atoms. The van der Waals surface area contributed by atoms with Crippen LogP contribution in [0, 0.1) is 11.3 Å². The maximum absolute atomic E-state index is 13.6. The van der Waals surface area contributed by atoms with Gasteiger partial charge >= 0.3 is 0 Å². The number of nitrogens with zero attached hydrogens (tertiary/aromatic N) is 1. The minimum absolute atomic E-state index is 0.00898. The maximum atomic E-state index is 13.6. The first-order chi connectivity index (χ1) is 23.9. The molecule has 3 amide bonds. The highest BCUT2D eigenvalue weighted by Crippen LogP contribution is 2.42. The van der Waals surface area contributed by atoms with Gasteiger partial charge in [0.25, 0.3) is 11.8 Å². The molecule has 5 aromatic rings. The fourth-order valence-corrected chi connectivity index (χ4v) is 8.08. The average Bonchev–Trinajstić information content (AvgIpc) is 3.78. The molecule has 0 radical (unpaired) electrons. The first kappa shape index (κ1) is 33.5. The van der Waals surface area contributed by atoms with Gasteiger partial charge in [-0.2, -0.15) is 5.26 Å². The smallest absolute Gasteiger partial charge is 0.272 e. The molecule has 2 aromatic heterocycles. The van der Waals surface area contributed by atoms with Crippen LogP contribution in [-0.4, -0.2) is 23.0 Å². The molecule has 0 aliphatic heterocycles. The second-order valence-corrected chi connectivity index (χ2v) is 13.9. The Morgan fingerprint density at radius 3 is 2.49 bits per heavy atom. The first-order valence-electron chi connectivity index (χ1n) is 16.0. The van der Waals surface area contributed by atoms with Gasteiger partial charge in [-0.15, -0.1) is 23.1 Å². The van der Waals surface area contributed by atoms with Crippen molar-refractivity contribution in [1.82, 2.24) is 5.32 Å². The summed E-state index contributed by atoms with van der Waals surface area (Å²) in [4.78, 5) is 41.8. The SMILES string of the molecule is CCC(Sc1cccc(NC(=O)/C(=C/c2ccco2)NC(=O)c2ccccc2)c1)C(=O)Nc1sc2c(c1C#N)CCC(c1ccccc1)C2. The molecule has 49 heavy (non-hydrogen) atoms. The number of hydrogen-bond acceptors (Lipinski definition) is 7. The van der Waals surface area contributed by atoms with E-state index in [1.165, 1.54) is 41.0 Å². The van der Waals surface area contributed by atoms with Crippen LogP contribution >= 0.6 is 23.1 Å². The minimum Gasteiger partial charge on any atom is -0.465 e. The number of thioether (sulfide) groups is 1. The molecule has 3 N–H and O–H groups in total. The summed E-state index contributed by atoms with van der Waals surface area (Å²) in [6.07, 6.45) is 6.13. The third kappa shape index (κ3) is 8.20. The Kier molecular flexibility index (Phi) is 10.7. The summed E-state index contributed by atoms with van der Waals surface area (Å²) in [6.45, 7) is 1.94. The number of fused-ring (bicyclic) bond motifs is 1. The summed E-state index contributed by atoms with van der Waals surface area (Å²) in [5, 5.41) is 18.8. The van der Waals surface area contributed by atoms with Crippen molar-refractivity contribution >= 4 is 57.6 Å². The number of hydrogen-bond donors (Lipinski definition) is 3. The van der Waals surface area contributed by atoms with Gasteiger partial charge in [0.1, 0.15) is 22.5 Å². The van der Waals surface area contributed by atoms with Gasteiger partial charge in [0.15, 0.2) is 0 Å². The van der Waals surface area contributed by atoms with Crippen molar-refractivity contribution in [2.75, 3.05) is 10.6 Å². The molecule has 2 heterocycles. The van der Waals surface area contributed by atoms with E-state index < -0.39 is 17.1 Å². The molecule has 2 atom stereocenters. The average molecular weight is 687 g/mol. The number of benzene rings is 3. The lowest BCUT2D eigenvalue weighted by Crippen LogP contribution is -2.30. The molecule has 2 unspecified atom stereocenters. The number of rotatable bonds is 11. The summed E-state index contributed by atoms with van der Waals surface area (Å²) >= 11 is 2.89. The van der Waals surface area contributed by atoms with Crippen LogP contribution < -0.4 is 16.0 Å². The van der Waals surface area contributed by atoms with Crippen molar-refractivity contribution in [3.63, 3.8) is 0 Å². The fourth-order valence-electron chi connectivity index (χ4n) is 5.78. The summed E-state index contributed by atoms with van der Waals surface area (Å²) in [5.41, 5.74) is 3.84. The van der Waals surface area contributed by atoms with E-state index in [-0.39, 0.29) is 11.6 Å². The Hall–Kier alpha value is -5.37. The van der Waals surface area contributed by atoms with Gasteiger partial charge in [0, 0.05) is 27.1 Å². The van der Waals surface area contributed by atoms with Crippen LogP contribution in [-0.2, 0) is 22.4 Å². The first-order valence-corrected chi connectivity index (χ1v) is 17.7. The molecule has 8 nitrogen and oxygen atoms in total. The third-order valence-corrected chi connectivity index (χ3v) is 10.8. The van der Waals surface area contributed by atoms with Gasteiger partial charge in [-0.05, 0) is 85.2 Å². The van der Waals surface area contributed by atoms with E-state index in [1.807, 2.05) is 19.1 Å². The summed E-state index contributed by atoms with van der Waals surface area (Å²) in [7, 11) is 0. The maximum Gasteiger partial charge on any atom is 0.272 e. The second kappa shape index (κ2) is 15.7. The van der Waals surface area contributed by atoms with E-state index in [1.54, 1.807) is 60.7 Å². The lowest BCUT2D eigenvalue weighted by molar-refractivity contribution is -0.116. The third-order valence-electron chi connectivity index (χ3n) is 8.28. The molecule has 0 fully saturated rings. The van der Waals surface area contributed by atoms with Crippen LogP contribution in [0.25, 0.3) is 6.08 Å². The van der Waals surface area contributed by atoms with Gasteiger partial charge in [-0.1, -0.05) is 61.5 Å². The number of nitrogens with one attached hydrogen (secondary N) is 3. The van der Waals surface area contributed by atoms with Gasteiger partial charge in [0.2, 0.25) is 5.91 Å². The summed E-state index contributed by atoms with van der Waals surface area (Å²) < 4.78 is 5.39. The zero-order valence-corrected chi connectivity index (χ0v) is 28.4. The lowest BCUT2D eigenvalue weighted by atomic mass is 9.83. The molecule has 246 valence electrons. The zero-order chi connectivity index (χ0) is 34.2. The highest BCUT2D eigenvalue weighted by molar-refractivity contribution is 8.00. The van der Waals surface area contributed by atoms with Crippen LogP contribution in [0.4, 0.5) is 10.7 Å². The van der Waals surface area contributed by atoms with E-state index >= 15 is 0 Å². The normalized spacial score (nSPS) is 14.6. The highest BCUT2D eigenvalue weighted by atomic mass is 32.2. The van der Waals surface area contributed by atoms with Crippen molar-refractivity contribution in [2.45, 2.75) is 48.7 Å². The van der Waals surface area contributed by atoms with Crippen molar-refractivity contribution < 1.29 is 18.8 Å².